The summed E-state index contributed by atoms with van der Waals surface area (Å²) in [4.78, 5) is 33.4. The average Bonchev–Trinajstić information content (AvgIpc) is 3.52. The minimum Gasteiger partial charge on any atom is -0.353 e. The van der Waals surface area contributed by atoms with Crippen molar-refractivity contribution in [3.05, 3.63) is 30.1 Å². The van der Waals surface area contributed by atoms with Crippen molar-refractivity contribution in [3.8, 4) is 0 Å². The van der Waals surface area contributed by atoms with Crippen LogP contribution in [0.4, 0.5) is 0 Å². The summed E-state index contributed by atoms with van der Waals surface area (Å²) in [6.07, 6.45) is 9.72. The summed E-state index contributed by atoms with van der Waals surface area (Å²) in [7, 11) is 0. The lowest BCUT2D eigenvalue weighted by Crippen LogP contribution is -2.51. The number of hydrogen-bond acceptors (Lipinski definition) is 4. The molecule has 140 valence electrons. The van der Waals surface area contributed by atoms with Crippen molar-refractivity contribution < 1.29 is 9.59 Å². The Hall–Kier alpha value is -1.95. The predicted octanol–water partition coefficient (Wildman–Crippen LogP) is 1.68. The molecule has 2 aliphatic heterocycles. The second-order valence-corrected chi connectivity index (χ2v) is 7.88. The summed E-state index contributed by atoms with van der Waals surface area (Å²) in [5.74, 6) is 0.495. The Labute approximate surface area is 155 Å². The highest BCUT2D eigenvalue weighted by Crippen LogP contribution is 2.26. The Morgan fingerprint density at radius 2 is 1.73 bits per heavy atom. The molecule has 0 radical (unpaired) electrons. The van der Waals surface area contributed by atoms with Crippen LogP contribution in [-0.2, 0) is 4.79 Å². The van der Waals surface area contributed by atoms with E-state index in [2.05, 4.69) is 15.2 Å². The van der Waals surface area contributed by atoms with Crippen molar-refractivity contribution in [3.63, 3.8) is 0 Å². The van der Waals surface area contributed by atoms with Gasteiger partial charge in [-0.3, -0.25) is 19.5 Å². The van der Waals surface area contributed by atoms with Gasteiger partial charge in [0.2, 0.25) is 5.91 Å². The molecule has 1 atom stereocenters. The summed E-state index contributed by atoms with van der Waals surface area (Å²) >= 11 is 0. The van der Waals surface area contributed by atoms with Gasteiger partial charge in [0.15, 0.2) is 0 Å². The van der Waals surface area contributed by atoms with E-state index in [4.69, 9.17) is 0 Å². The molecule has 1 aromatic rings. The van der Waals surface area contributed by atoms with E-state index in [1.807, 2.05) is 4.90 Å². The molecule has 0 spiro atoms. The van der Waals surface area contributed by atoms with Crippen LogP contribution in [0.25, 0.3) is 0 Å². The van der Waals surface area contributed by atoms with E-state index in [0.717, 1.165) is 64.7 Å². The van der Waals surface area contributed by atoms with Crippen molar-refractivity contribution >= 4 is 11.8 Å². The third-order valence-electron chi connectivity index (χ3n) is 5.94. The van der Waals surface area contributed by atoms with Crippen molar-refractivity contribution in [2.75, 3.05) is 26.2 Å². The zero-order valence-corrected chi connectivity index (χ0v) is 15.3. The first-order chi connectivity index (χ1) is 12.7. The maximum absolute atomic E-state index is 12.6. The van der Waals surface area contributed by atoms with E-state index < -0.39 is 0 Å². The van der Waals surface area contributed by atoms with Crippen molar-refractivity contribution in [1.82, 2.24) is 20.1 Å². The second-order valence-electron chi connectivity index (χ2n) is 7.88. The molecule has 26 heavy (non-hydrogen) atoms. The van der Waals surface area contributed by atoms with Gasteiger partial charge in [0.05, 0.1) is 5.92 Å². The zero-order valence-electron chi connectivity index (χ0n) is 15.3. The van der Waals surface area contributed by atoms with Crippen molar-refractivity contribution in [2.24, 2.45) is 5.92 Å². The van der Waals surface area contributed by atoms with Gasteiger partial charge in [-0.1, -0.05) is 0 Å². The molecule has 1 saturated carbocycles. The van der Waals surface area contributed by atoms with Crippen molar-refractivity contribution in [2.45, 2.75) is 50.6 Å². The molecular weight excluding hydrogens is 328 g/mol. The quantitative estimate of drug-likeness (QED) is 0.891. The second kappa shape index (κ2) is 7.74. The number of likely N-dealkylation sites (tertiary alicyclic amines) is 2. The lowest BCUT2D eigenvalue weighted by molar-refractivity contribution is -0.127. The summed E-state index contributed by atoms with van der Waals surface area (Å²) in [6, 6.07) is 4.50. The number of rotatable bonds is 4. The van der Waals surface area contributed by atoms with Crippen LogP contribution in [0.15, 0.2) is 24.5 Å². The molecule has 0 bridgehead atoms. The molecule has 3 aliphatic rings. The molecule has 6 nitrogen and oxygen atoms in total. The highest BCUT2D eigenvalue weighted by molar-refractivity contribution is 5.94. The molecule has 2 amide bonds. The molecule has 2 saturated heterocycles. The van der Waals surface area contributed by atoms with E-state index in [-0.39, 0.29) is 17.7 Å². The van der Waals surface area contributed by atoms with Crippen LogP contribution in [0.1, 0.15) is 48.9 Å². The number of nitrogens with one attached hydrogen (secondary N) is 1. The van der Waals surface area contributed by atoms with Crippen LogP contribution in [0, 0.1) is 5.92 Å². The number of nitrogens with zero attached hydrogens (tertiary/aromatic N) is 3. The highest BCUT2D eigenvalue weighted by atomic mass is 16.2. The normalized spacial score (nSPS) is 25.1. The number of aromatic nitrogens is 1. The van der Waals surface area contributed by atoms with Gasteiger partial charge in [-0.15, -0.1) is 0 Å². The molecule has 3 fully saturated rings. The molecule has 0 unspecified atom stereocenters. The predicted molar refractivity (Wildman–Crippen MR) is 98.6 cm³/mol. The highest BCUT2D eigenvalue weighted by Gasteiger charge is 2.34. The number of carbonyl (C=O) groups is 2. The van der Waals surface area contributed by atoms with Gasteiger partial charge in [0.25, 0.3) is 5.91 Å². The summed E-state index contributed by atoms with van der Waals surface area (Å²) < 4.78 is 0. The van der Waals surface area contributed by atoms with Gasteiger partial charge < -0.3 is 10.2 Å². The Kier molecular flexibility index (Phi) is 5.20. The van der Waals surface area contributed by atoms with E-state index in [1.165, 1.54) is 0 Å². The first-order valence-electron chi connectivity index (χ1n) is 9.94. The fourth-order valence-corrected chi connectivity index (χ4v) is 4.21. The van der Waals surface area contributed by atoms with Crippen LogP contribution in [0.2, 0.25) is 0 Å². The molecule has 1 N–H and O–H groups in total. The van der Waals surface area contributed by atoms with Gasteiger partial charge in [0, 0.05) is 49.7 Å². The van der Waals surface area contributed by atoms with Gasteiger partial charge in [0.1, 0.15) is 0 Å². The van der Waals surface area contributed by atoms with Crippen LogP contribution in [-0.4, -0.2) is 64.9 Å². The number of piperidine rings is 2. The fraction of sp³-hybridized carbons (Fsp3) is 0.650. The number of carbonyl (C=O) groups excluding carboxylic acids is 2. The summed E-state index contributed by atoms with van der Waals surface area (Å²) in [5, 5.41) is 3.16. The molecule has 0 aromatic carbocycles. The number of hydrogen-bond donors (Lipinski definition) is 1. The SMILES string of the molecule is O=C(NC1CC1)[C@H]1CCCN(C2CCN(C(=O)c3ccncc3)CC2)C1. The van der Waals surface area contributed by atoms with Crippen LogP contribution in [0.5, 0.6) is 0 Å². The van der Waals surface area contributed by atoms with E-state index in [9.17, 15) is 9.59 Å². The third kappa shape index (κ3) is 4.06. The molecular formula is C20H28N4O2. The zero-order chi connectivity index (χ0) is 17.9. The summed E-state index contributed by atoms with van der Waals surface area (Å²) in [6.45, 7) is 3.54. The summed E-state index contributed by atoms with van der Waals surface area (Å²) in [5.41, 5.74) is 0.716. The van der Waals surface area contributed by atoms with Crippen LogP contribution in [0.3, 0.4) is 0 Å². The average molecular weight is 356 g/mol. The minimum absolute atomic E-state index is 0.103. The Morgan fingerprint density at radius 1 is 1.00 bits per heavy atom. The molecule has 3 heterocycles. The maximum atomic E-state index is 12.6. The topological polar surface area (TPSA) is 65.5 Å². The van der Waals surface area contributed by atoms with Crippen molar-refractivity contribution in [1.29, 1.82) is 0 Å². The van der Waals surface area contributed by atoms with E-state index in [1.54, 1.807) is 24.5 Å². The monoisotopic (exact) mass is 356 g/mol. The molecule has 1 aliphatic carbocycles. The number of amides is 2. The Bertz CT molecular complexity index is 638. The maximum Gasteiger partial charge on any atom is 0.253 e. The molecule has 1 aromatic heterocycles. The van der Waals surface area contributed by atoms with Gasteiger partial charge in [-0.05, 0) is 57.2 Å². The Balaban J connectivity index is 1.28. The fourth-order valence-electron chi connectivity index (χ4n) is 4.21. The molecule has 6 heteroatoms. The third-order valence-corrected chi connectivity index (χ3v) is 5.94. The van der Waals surface area contributed by atoms with Crippen LogP contribution < -0.4 is 5.32 Å². The first kappa shape index (κ1) is 17.5. The van der Waals surface area contributed by atoms with Crippen LogP contribution >= 0.6 is 0 Å². The molecule has 4 rings (SSSR count). The Morgan fingerprint density at radius 3 is 2.42 bits per heavy atom. The van der Waals surface area contributed by atoms with Gasteiger partial charge in [-0.25, -0.2) is 0 Å². The number of pyridine rings is 1. The largest absolute Gasteiger partial charge is 0.353 e. The van der Waals surface area contributed by atoms with E-state index >= 15 is 0 Å². The van der Waals surface area contributed by atoms with Gasteiger partial charge >= 0.3 is 0 Å². The van der Waals surface area contributed by atoms with Gasteiger partial charge in [-0.2, -0.15) is 0 Å². The lowest BCUT2D eigenvalue weighted by atomic mass is 9.93. The van der Waals surface area contributed by atoms with E-state index in [0.29, 0.717) is 17.6 Å². The standard InChI is InChI=1S/C20H28N4O2/c25-19(22-17-3-4-17)16-2-1-11-24(14-16)18-7-12-23(13-8-18)20(26)15-5-9-21-10-6-15/h5-6,9-10,16-18H,1-4,7-8,11-14H2,(H,22,25)/t16-/m0/s1. The lowest BCUT2D eigenvalue weighted by Gasteiger charge is -2.42. The minimum atomic E-state index is 0.103. The first-order valence-corrected chi connectivity index (χ1v) is 9.94. The smallest absolute Gasteiger partial charge is 0.253 e.